The lowest BCUT2D eigenvalue weighted by Gasteiger charge is -2.37. The Morgan fingerprint density at radius 1 is 1.09 bits per heavy atom. The highest BCUT2D eigenvalue weighted by Gasteiger charge is 2.31. The molecule has 0 bridgehead atoms. The standard InChI is InChI=1S/C25H30N8O/c1-27-19-12-20(13-19)33-16-18(14-26)21-5-7-23(29-24(21)33)32-10-8-31(9-11-32)22-6-4-17(15-28-22)25(34)30(2)3/h4-7,15-16,19-20,27H,8-13H2,1-3H3. The second-order valence-electron chi connectivity index (χ2n) is 9.29. The van der Waals surface area contributed by atoms with Crippen molar-refractivity contribution in [2.75, 3.05) is 57.1 Å². The first-order valence-electron chi connectivity index (χ1n) is 11.7. The van der Waals surface area contributed by atoms with Crippen LogP contribution in [0.25, 0.3) is 11.0 Å². The maximum Gasteiger partial charge on any atom is 0.254 e. The van der Waals surface area contributed by atoms with Crippen LogP contribution in [0, 0.1) is 11.3 Å². The molecule has 1 saturated heterocycles. The van der Waals surface area contributed by atoms with Crippen LogP contribution in [0.2, 0.25) is 0 Å². The number of carbonyl (C=O) groups excluding carboxylic acids is 1. The van der Waals surface area contributed by atoms with Gasteiger partial charge in [0.25, 0.3) is 5.91 Å². The lowest BCUT2D eigenvalue weighted by molar-refractivity contribution is 0.0827. The molecule has 3 aromatic rings. The van der Waals surface area contributed by atoms with Crippen LogP contribution in [0.4, 0.5) is 11.6 Å². The van der Waals surface area contributed by atoms with Gasteiger partial charge in [-0.05, 0) is 44.2 Å². The van der Waals surface area contributed by atoms with Crippen LogP contribution in [0.3, 0.4) is 0 Å². The van der Waals surface area contributed by atoms with E-state index in [0.29, 0.717) is 23.2 Å². The van der Waals surface area contributed by atoms with Gasteiger partial charge in [0.15, 0.2) is 0 Å². The average molecular weight is 459 g/mol. The molecule has 0 unspecified atom stereocenters. The van der Waals surface area contributed by atoms with E-state index in [2.05, 4.69) is 30.7 Å². The maximum absolute atomic E-state index is 12.1. The van der Waals surface area contributed by atoms with Gasteiger partial charge in [-0.2, -0.15) is 5.26 Å². The van der Waals surface area contributed by atoms with Crippen molar-refractivity contribution in [3.8, 4) is 6.07 Å². The minimum absolute atomic E-state index is 0.0435. The van der Waals surface area contributed by atoms with Gasteiger partial charge in [-0.15, -0.1) is 0 Å². The summed E-state index contributed by atoms with van der Waals surface area (Å²) in [5, 5.41) is 13.9. The highest BCUT2D eigenvalue weighted by Crippen LogP contribution is 2.36. The van der Waals surface area contributed by atoms with Gasteiger partial charge in [-0.25, -0.2) is 9.97 Å². The first kappa shape index (κ1) is 22.2. The smallest absolute Gasteiger partial charge is 0.254 e. The van der Waals surface area contributed by atoms with Crippen LogP contribution in [0.15, 0.2) is 36.7 Å². The molecule has 5 rings (SSSR count). The summed E-state index contributed by atoms with van der Waals surface area (Å²) in [5.74, 6) is 1.79. The van der Waals surface area contributed by atoms with E-state index in [1.54, 1.807) is 25.2 Å². The van der Waals surface area contributed by atoms with Crippen molar-refractivity contribution in [3.05, 3.63) is 47.8 Å². The van der Waals surface area contributed by atoms with Crippen molar-refractivity contribution in [1.29, 1.82) is 5.26 Å². The normalized spacial score (nSPS) is 20.2. The molecule has 0 aromatic carbocycles. The van der Waals surface area contributed by atoms with Gasteiger partial charge in [-0.3, -0.25) is 4.79 Å². The second-order valence-corrected chi connectivity index (χ2v) is 9.29. The van der Waals surface area contributed by atoms with Crippen LogP contribution in [-0.4, -0.2) is 78.7 Å². The predicted octanol–water partition coefficient (Wildman–Crippen LogP) is 2.25. The minimum atomic E-state index is -0.0435. The number of pyridine rings is 2. The summed E-state index contributed by atoms with van der Waals surface area (Å²) in [4.78, 5) is 27.7. The summed E-state index contributed by atoms with van der Waals surface area (Å²) in [5.41, 5.74) is 2.19. The molecule has 0 spiro atoms. The van der Waals surface area contributed by atoms with E-state index in [0.717, 1.165) is 61.7 Å². The summed E-state index contributed by atoms with van der Waals surface area (Å²) in [7, 11) is 5.48. The van der Waals surface area contributed by atoms with Crippen molar-refractivity contribution >= 4 is 28.6 Å². The first-order chi connectivity index (χ1) is 16.5. The Morgan fingerprint density at radius 2 is 1.76 bits per heavy atom. The molecule has 176 valence electrons. The third-order valence-corrected chi connectivity index (χ3v) is 7.03. The molecule has 9 nitrogen and oxygen atoms in total. The number of hydrogen-bond donors (Lipinski definition) is 1. The fraction of sp³-hybridized carbons (Fsp3) is 0.440. The van der Waals surface area contributed by atoms with Crippen molar-refractivity contribution in [3.63, 3.8) is 0 Å². The topological polar surface area (TPSA) is 93.3 Å². The van der Waals surface area contributed by atoms with Crippen LogP contribution >= 0.6 is 0 Å². The number of nitrogens with zero attached hydrogens (tertiary/aromatic N) is 7. The van der Waals surface area contributed by atoms with Crippen molar-refractivity contribution < 1.29 is 4.79 Å². The Morgan fingerprint density at radius 3 is 2.35 bits per heavy atom. The summed E-state index contributed by atoms with van der Waals surface area (Å²) in [6.07, 6.45) is 5.73. The summed E-state index contributed by atoms with van der Waals surface area (Å²) in [6, 6.07) is 11.1. The lowest BCUT2D eigenvalue weighted by Crippen LogP contribution is -2.47. The number of hydrogen-bond acceptors (Lipinski definition) is 7. The zero-order valence-electron chi connectivity index (χ0n) is 19.9. The van der Waals surface area contributed by atoms with Gasteiger partial charge in [0.2, 0.25) is 0 Å². The number of fused-ring (bicyclic) bond motifs is 1. The van der Waals surface area contributed by atoms with Crippen LogP contribution in [-0.2, 0) is 0 Å². The van der Waals surface area contributed by atoms with Crippen LogP contribution < -0.4 is 15.1 Å². The highest BCUT2D eigenvalue weighted by molar-refractivity contribution is 5.93. The van der Waals surface area contributed by atoms with Gasteiger partial charge in [0, 0.05) is 70.1 Å². The summed E-state index contributed by atoms with van der Waals surface area (Å²) < 4.78 is 2.20. The van der Waals surface area contributed by atoms with Gasteiger partial charge >= 0.3 is 0 Å². The van der Waals surface area contributed by atoms with Crippen LogP contribution in [0.1, 0.15) is 34.8 Å². The molecule has 2 aliphatic rings. The number of aromatic nitrogens is 3. The van der Waals surface area contributed by atoms with Gasteiger partial charge < -0.3 is 24.6 Å². The summed E-state index contributed by atoms with van der Waals surface area (Å²) in [6.45, 7) is 3.31. The predicted molar refractivity (Wildman–Crippen MR) is 132 cm³/mol. The molecule has 1 saturated carbocycles. The molecular formula is C25H30N8O. The maximum atomic E-state index is 12.1. The average Bonchev–Trinajstić information content (AvgIpc) is 3.21. The molecular weight excluding hydrogens is 428 g/mol. The molecule has 9 heteroatoms. The van der Waals surface area contributed by atoms with E-state index in [4.69, 9.17) is 4.98 Å². The molecule has 1 N–H and O–H groups in total. The third-order valence-electron chi connectivity index (χ3n) is 7.03. The van der Waals surface area contributed by atoms with Gasteiger partial charge in [0.05, 0.1) is 11.1 Å². The SMILES string of the molecule is CNC1CC(n2cc(C#N)c3ccc(N4CCN(c5ccc(C(=O)N(C)C)cn5)CC4)nc32)C1. The lowest BCUT2D eigenvalue weighted by atomic mass is 9.87. The Bertz CT molecular complexity index is 1230. The quantitative estimate of drug-likeness (QED) is 0.627. The Labute approximate surface area is 199 Å². The number of nitrogens with one attached hydrogen (secondary N) is 1. The zero-order chi connectivity index (χ0) is 23.8. The molecule has 0 radical (unpaired) electrons. The minimum Gasteiger partial charge on any atom is -0.353 e. The largest absolute Gasteiger partial charge is 0.353 e. The van der Waals surface area contributed by atoms with Crippen molar-refractivity contribution in [2.24, 2.45) is 0 Å². The van der Waals surface area contributed by atoms with E-state index in [1.807, 2.05) is 37.5 Å². The summed E-state index contributed by atoms with van der Waals surface area (Å²) >= 11 is 0. The first-order valence-corrected chi connectivity index (χ1v) is 11.7. The van der Waals surface area contributed by atoms with E-state index in [-0.39, 0.29) is 5.91 Å². The molecule has 0 atom stereocenters. The molecule has 1 aliphatic heterocycles. The molecule has 1 amide bonds. The van der Waals surface area contributed by atoms with Crippen molar-refractivity contribution in [2.45, 2.75) is 24.9 Å². The second kappa shape index (κ2) is 8.95. The number of nitriles is 1. The van der Waals surface area contributed by atoms with Gasteiger partial charge in [0.1, 0.15) is 23.4 Å². The number of carbonyl (C=O) groups is 1. The van der Waals surface area contributed by atoms with E-state index in [1.165, 1.54) is 0 Å². The fourth-order valence-electron chi connectivity index (χ4n) is 4.83. The number of rotatable bonds is 5. The third kappa shape index (κ3) is 3.94. The molecule has 4 heterocycles. The Kier molecular flexibility index (Phi) is 5.84. The monoisotopic (exact) mass is 458 g/mol. The van der Waals surface area contributed by atoms with Gasteiger partial charge in [-0.1, -0.05) is 0 Å². The molecule has 3 aromatic heterocycles. The molecule has 34 heavy (non-hydrogen) atoms. The fourth-order valence-corrected chi connectivity index (χ4v) is 4.83. The zero-order valence-corrected chi connectivity index (χ0v) is 19.9. The highest BCUT2D eigenvalue weighted by atomic mass is 16.2. The number of piperazine rings is 1. The van der Waals surface area contributed by atoms with E-state index >= 15 is 0 Å². The van der Waals surface area contributed by atoms with Crippen molar-refractivity contribution in [1.82, 2.24) is 24.8 Å². The number of amides is 1. The number of anilines is 2. The van der Waals surface area contributed by atoms with E-state index < -0.39 is 0 Å². The molecule has 1 aliphatic carbocycles. The molecule has 2 fully saturated rings. The Hall–Kier alpha value is -3.64. The van der Waals surface area contributed by atoms with Crippen LogP contribution in [0.5, 0.6) is 0 Å². The Balaban J connectivity index is 1.30. The van der Waals surface area contributed by atoms with E-state index in [9.17, 15) is 10.1 Å².